The minimum absolute atomic E-state index is 0.0201. The molecule has 1 aliphatic rings. The number of para-hydroxylation sites is 1. The second kappa shape index (κ2) is 10.9. The highest BCUT2D eigenvalue weighted by molar-refractivity contribution is 8.05. The fraction of sp³-hybridized carbons (Fsp3) is 0.129. The number of rotatable bonds is 8. The third-order valence-electron chi connectivity index (χ3n) is 6.67. The number of benzene rings is 4. The van der Waals surface area contributed by atoms with Gasteiger partial charge in [-0.2, -0.15) is 0 Å². The highest BCUT2D eigenvalue weighted by Crippen LogP contribution is 2.61. The Morgan fingerprint density at radius 2 is 1.39 bits per heavy atom. The second-order valence-corrected chi connectivity index (χ2v) is 10.4. The van der Waals surface area contributed by atoms with Gasteiger partial charge in [-0.25, -0.2) is 0 Å². The molecule has 0 fully saturated rings. The molecule has 38 heavy (non-hydrogen) atoms. The molecule has 1 heterocycles. The van der Waals surface area contributed by atoms with Gasteiger partial charge in [0, 0.05) is 19.3 Å². The Morgan fingerprint density at radius 3 is 1.97 bits per heavy atom. The highest BCUT2D eigenvalue weighted by atomic mass is 32.2. The van der Waals surface area contributed by atoms with Crippen molar-refractivity contribution >= 4 is 23.4 Å². The van der Waals surface area contributed by atoms with Gasteiger partial charge < -0.3 is 10.2 Å². The van der Waals surface area contributed by atoms with Crippen LogP contribution >= 0.6 is 11.8 Å². The lowest BCUT2D eigenvalue weighted by molar-refractivity contribution is -0.431. The summed E-state index contributed by atoms with van der Waals surface area (Å²) in [5.74, 6) is -1.14. The quantitative estimate of drug-likeness (QED) is 0.208. The van der Waals surface area contributed by atoms with Crippen LogP contribution in [0.25, 0.3) is 0 Å². The summed E-state index contributed by atoms with van der Waals surface area (Å²) in [6.07, 6.45) is 0. The molecule has 0 aliphatic carbocycles. The van der Waals surface area contributed by atoms with Gasteiger partial charge in [-0.1, -0.05) is 121 Å². The first-order chi connectivity index (χ1) is 18.5. The molecule has 1 aliphatic heterocycles. The SMILES string of the molecule is CN(Cc1ccccc1)C1=C([N+](=O)[O-])[C@H](c2ccccc2)[C@](C(=O)Nc2ccccc2)(c2ccccc2)S1. The lowest BCUT2D eigenvalue weighted by Gasteiger charge is -2.34. The molecular weight excluding hydrogens is 494 g/mol. The van der Waals surface area contributed by atoms with Gasteiger partial charge in [0.15, 0.2) is 0 Å². The van der Waals surface area contributed by atoms with E-state index in [2.05, 4.69) is 5.32 Å². The van der Waals surface area contributed by atoms with E-state index in [1.165, 1.54) is 11.8 Å². The molecule has 1 amide bonds. The number of nitrogens with zero attached hydrogens (tertiary/aromatic N) is 2. The Morgan fingerprint density at radius 1 is 0.868 bits per heavy atom. The van der Waals surface area contributed by atoms with Crippen molar-refractivity contribution in [2.75, 3.05) is 12.4 Å². The summed E-state index contributed by atoms with van der Waals surface area (Å²) < 4.78 is -1.32. The monoisotopic (exact) mass is 521 g/mol. The van der Waals surface area contributed by atoms with Crippen molar-refractivity contribution in [3.8, 4) is 0 Å². The maximum atomic E-state index is 14.4. The van der Waals surface area contributed by atoms with E-state index in [4.69, 9.17) is 0 Å². The lowest BCUT2D eigenvalue weighted by atomic mass is 9.78. The molecule has 4 aromatic carbocycles. The molecule has 0 saturated heterocycles. The molecule has 0 radical (unpaired) electrons. The molecule has 190 valence electrons. The Labute approximate surface area is 226 Å². The maximum Gasteiger partial charge on any atom is 0.285 e. The first-order valence-corrected chi connectivity index (χ1v) is 13.1. The Kier molecular flexibility index (Phi) is 7.29. The van der Waals surface area contributed by atoms with Crippen molar-refractivity contribution in [3.05, 3.63) is 159 Å². The largest absolute Gasteiger partial charge is 0.360 e. The van der Waals surface area contributed by atoms with E-state index in [9.17, 15) is 14.9 Å². The topological polar surface area (TPSA) is 75.5 Å². The molecule has 7 heteroatoms. The number of carbonyl (C=O) groups is 1. The molecule has 1 N–H and O–H groups in total. The predicted octanol–water partition coefficient (Wildman–Crippen LogP) is 6.63. The number of anilines is 1. The van der Waals surface area contributed by atoms with Crippen LogP contribution in [-0.2, 0) is 16.1 Å². The van der Waals surface area contributed by atoms with Crippen LogP contribution in [0.3, 0.4) is 0 Å². The van der Waals surface area contributed by atoms with Crippen molar-refractivity contribution in [1.29, 1.82) is 0 Å². The van der Waals surface area contributed by atoms with E-state index < -0.39 is 10.7 Å². The Balaban J connectivity index is 1.70. The first-order valence-electron chi connectivity index (χ1n) is 12.3. The Hall–Kier alpha value is -4.36. The minimum atomic E-state index is -1.32. The van der Waals surface area contributed by atoms with Gasteiger partial charge in [0.2, 0.25) is 5.91 Å². The average molecular weight is 522 g/mol. The third kappa shape index (κ3) is 4.80. The maximum absolute atomic E-state index is 14.4. The minimum Gasteiger partial charge on any atom is -0.360 e. The summed E-state index contributed by atoms with van der Waals surface area (Å²) in [6, 6.07) is 37.7. The smallest absolute Gasteiger partial charge is 0.285 e. The molecule has 0 bridgehead atoms. The summed E-state index contributed by atoms with van der Waals surface area (Å²) in [7, 11) is 1.84. The fourth-order valence-electron chi connectivity index (χ4n) is 4.97. The van der Waals surface area contributed by atoms with E-state index in [1.807, 2.05) is 133 Å². The fourth-order valence-corrected chi connectivity index (χ4v) is 6.55. The zero-order valence-electron chi connectivity index (χ0n) is 20.9. The summed E-state index contributed by atoms with van der Waals surface area (Å²) in [5.41, 5.74) is 3.09. The van der Waals surface area contributed by atoms with Gasteiger partial charge in [-0.3, -0.25) is 14.9 Å². The zero-order chi connectivity index (χ0) is 26.5. The number of carbonyl (C=O) groups excluding carboxylic acids is 1. The number of amides is 1. The molecule has 0 spiro atoms. The predicted molar refractivity (Wildman–Crippen MR) is 152 cm³/mol. The number of nitrogens with one attached hydrogen (secondary N) is 1. The van der Waals surface area contributed by atoms with Crippen molar-refractivity contribution in [2.45, 2.75) is 17.2 Å². The van der Waals surface area contributed by atoms with Crippen LogP contribution in [0.4, 0.5) is 5.69 Å². The first kappa shape index (κ1) is 25.3. The van der Waals surface area contributed by atoms with E-state index in [-0.39, 0.29) is 16.5 Å². The van der Waals surface area contributed by atoms with E-state index >= 15 is 0 Å². The molecule has 2 atom stereocenters. The Bertz CT molecular complexity index is 1450. The summed E-state index contributed by atoms with van der Waals surface area (Å²) >= 11 is 1.26. The van der Waals surface area contributed by atoms with E-state index in [1.54, 1.807) is 0 Å². The number of thioether (sulfide) groups is 1. The molecule has 0 saturated carbocycles. The molecular formula is C31H27N3O3S. The average Bonchev–Trinajstić information content (AvgIpc) is 3.33. The van der Waals surface area contributed by atoms with Crippen LogP contribution in [0, 0.1) is 10.1 Å². The number of hydrogen-bond donors (Lipinski definition) is 1. The van der Waals surface area contributed by atoms with Crippen molar-refractivity contribution in [1.82, 2.24) is 4.90 Å². The molecule has 0 unspecified atom stereocenters. The van der Waals surface area contributed by atoms with Crippen LogP contribution in [0.2, 0.25) is 0 Å². The van der Waals surface area contributed by atoms with Gasteiger partial charge in [-0.15, -0.1) is 0 Å². The lowest BCUT2D eigenvalue weighted by Crippen LogP contribution is -2.42. The molecule has 5 rings (SSSR count). The van der Waals surface area contributed by atoms with Gasteiger partial charge in [0.1, 0.15) is 15.7 Å². The highest BCUT2D eigenvalue weighted by Gasteiger charge is 2.61. The van der Waals surface area contributed by atoms with Crippen LogP contribution in [0.15, 0.2) is 132 Å². The summed E-state index contributed by atoms with van der Waals surface area (Å²) in [4.78, 5) is 28.8. The standard InChI is InChI=1S/C31H27N3O3S/c1-33(22-23-14-6-2-7-15-23)29-28(34(36)37)27(24-16-8-3-9-17-24)31(38-29,25-18-10-4-11-19-25)30(35)32-26-20-12-5-13-21-26/h2-21,27H,22H2,1H3,(H,32,35)/t27-,31-/m0/s1. The molecule has 6 nitrogen and oxygen atoms in total. The van der Waals surface area contributed by atoms with E-state index in [0.29, 0.717) is 28.4 Å². The van der Waals surface area contributed by atoms with Gasteiger partial charge in [0.25, 0.3) is 5.70 Å². The van der Waals surface area contributed by atoms with Crippen LogP contribution in [0.5, 0.6) is 0 Å². The van der Waals surface area contributed by atoms with Gasteiger partial charge >= 0.3 is 0 Å². The number of hydrogen-bond acceptors (Lipinski definition) is 5. The van der Waals surface area contributed by atoms with Crippen molar-refractivity contribution in [3.63, 3.8) is 0 Å². The third-order valence-corrected chi connectivity index (χ3v) is 8.36. The molecule has 0 aromatic heterocycles. The van der Waals surface area contributed by atoms with Crippen molar-refractivity contribution in [2.24, 2.45) is 0 Å². The van der Waals surface area contributed by atoms with Gasteiger partial charge in [0.05, 0.1) is 4.92 Å². The second-order valence-electron chi connectivity index (χ2n) is 9.16. The van der Waals surface area contributed by atoms with Gasteiger partial charge in [-0.05, 0) is 28.8 Å². The van der Waals surface area contributed by atoms with Crippen molar-refractivity contribution < 1.29 is 9.72 Å². The van der Waals surface area contributed by atoms with Crippen LogP contribution < -0.4 is 5.32 Å². The van der Waals surface area contributed by atoms with Crippen LogP contribution in [0.1, 0.15) is 22.6 Å². The normalized spacial score (nSPS) is 18.7. The number of nitro groups is 1. The van der Waals surface area contributed by atoms with Crippen LogP contribution in [-0.4, -0.2) is 22.8 Å². The zero-order valence-corrected chi connectivity index (χ0v) is 21.7. The summed E-state index contributed by atoms with van der Waals surface area (Å²) in [6.45, 7) is 0.465. The summed E-state index contributed by atoms with van der Waals surface area (Å²) in [5, 5.41) is 16.4. The number of allylic oxidation sites excluding steroid dienone is 1. The molecule has 4 aromatic rings. The van der Waals surface area contributed by atoms with E-state index in [0.717, 1.165) is 5.56 Å².